The number of thiazole rings is 1. The number of ether oxygens (including phenoxy) is 1. The number of aryl methyl sites for hydroxylation is 2. The zero-order chi connectivity index (χ0) is 17.8. The molecule has 0 saturated heterocycles. The first kappa shape index (κ1) is 17.9. The number of hydrogen-bond acceptors (Lipinski definition) is 4. The molecule has 1 fully saturated rings. The lowest BCUT2D eigenvalue weighted by molar-refractivity contribution is 0.0700. The largest absolute Gasteiger partial charge is 0.486 e. The van der Waals surface area contributed by atoms with Crippen molar-refractivity contribution < 1.29 is 9.53 Å². The molecule has 134 valence electrons. The summed E-state index contributed by atoms with van der Waals surface area (Å²) in [6, 6.07) is 8.33. The molecular formula is C20H26N2O2S. The summed E-state index contributed by atoms with van der Waals surface area (Å²) in [5.74, 6) is 0.925. The van der Waals surface area contributed by atoms with Crippen LogP contribution < -0.4 is 4.74 Å². The van der Waals surface area contributed by atoms with Crippen LogP contribution in [0.1, 0.15) is 58.0 Å². The summed E-state index contributed by atoms with van der Waals surface area (Å²) < 4.78 is 5.79. The van der Waals surface area contributed by atoms with Gasteiger partial charge in [0.15, 0.2) is 0 Å². The average molecular weight is 359 g/mol. The Bertz CT molecular complexity index is 718. The molecule has 5 heteroatoms. The summed E-state index contributed by atoms with van der Waals surface area (Å²) >= 11 is 1.46. The lowest BCUT2D eigenvalue weighted by atomic mass is 9.94. The maximum atomic E-state index is 12.8. The molecule has 2 aromatic rings. The van der Waals surface area contributed by atoms with Crippen molar-refractivity contribution >= 4 is 17.2 Å². The molecule has 0 unspecified atom stereocenters. The van der Waals surface area contributed by atoms with Gasteiger partial charge >= 0.3 is 0 Å². The molecule has 0 atom stereocenters. The van der Waals surface area contributed by atoms with Crippen LogP contribution in [0, 0.1) is 13.8 Å². The predicted octanol–water partition coefficient (Wildman–Crippen LogP) is 4.74. The van der Waals surface area contributed by atoms with Crippen molar-refractivity contribution in [3.8, 4) is 5.75 Å². The fraction of sp³-hybridized carbons (Fsp3) is 0.500. The number of carbonyl (C=O) groups is 1. The molecule has 1 aromatic heterocycles. The first-order valence-electron chi connectivity index (χ1n) is 8.97. The third-order valence-electron chi connectivity index (χ3n) is 4.86. The van der Waals surface area contributed by atoms with Crippen molar-refractivity contribution in [2.75, 3.05) is 7.05 Å². The van der Waals surface area contributed by atoms with Crippen molar-refractivity contribution in [2.45, 2.75) is 58.6 Å². The molecule has 3 rings (SSSR count). The Kier molecular flexibility index (Phi) is 5.74. The molecule has 1 saturated carbocycles. The van der Waals surface area contributed by atoms with Crippen LogP contribution in [-0.2, 0) is 6.61 Å². The van der Waals surface area contributed by atoms with Gasteiger partial charge in [-0.05, 0) is 38.8 Å². The highest BCUT2D eigenvalue weighted by Crippen LogP contribution is 2.26. The van der Waals surface area contributed by atoms with Crippen LogP contribution in [0.4, 0.5) is 0 Å². The Balaban J connectivity index is 1.64. The monoisotopic (exact) mass is 358 g/mol. The van der Waals surface area contributed by atoms with Crippen LogP contribution in [-0.4, -0.2) is 28.9 Å². The summed E-state index contributed by atoms with van der Waals surface area (Å²) in [6.07, 6.45) is 5.96. The van der Waals surface area contributed by atoms with Crippen molar-refractivity contribution in [3.63, 3.8) is 0 Å². The molecule has 0 aliphatic heterocycles. The number of nitrogens with zero attached hydrogens (tertiary/aromatic N) is 2. The van der Waals surface area contributed by atoms with E-state index in [-0.39, 0.29) is 5.91 Å². The SMILES string of the molecule is Cc1ccc(OCc2nc(C)c(C(=O)N(C)C3CCCCC3)s2)cc1. The van der Waals surface area contributed by atoms with Crippen LogP contribution >= 0.6 is 11.3 Å². The Labute approximate surface area is 153 Å². The van der Waals surface area contributed by atoms with E-state index >= 15 is 0 Å². The fourth-order valence-corrected chi connectivity index (χ4v) is 4.25. The van der Waals surface area contributed by atoms with E-state index in [4.69, 9.17) is 4.74 Å². The van der Waals surface area contributed by atoms with Crippen LogP contribution in [0.15, 0.2) is 24.3 Å². The molecule has 1 amide bonds. The van der Waals surface area contributed by atoms with E-state index in [0.29, 0.717) is 12.6 Å². The zero-order valence-electron chi connectivity index (χ0n) is 15.2. The molecule has 1 aromatic carbocycles. The average Bonchev–Trinajstić information content (AvgIpc) is 3.01. The topological polar surface area (TPSA) is 42.4 Å². The smallest absolute Gasteiger partial charge is 0.265 e. The van der Waals surface area contributed by atoms with E-state index in [1.807, 2.05) is 43.1 Å². The van der Waals surface area contributed by atoms with Gasteiger partial charge in [-0.2, -0.15) is 0 Å². The Hall–Kier alpha value is -1.88. The molecule has 0 radical (unpaired) electrons. The predicted molar refractivity (Wildman–Crippen MR) is 101 cm³/mol. The lowest BCUT2D eigenvalue weighted by Gasteiger charge is -2.31. The summed E-state index contributed by atoms with van der Waals surface area (Å²) in [6.45, 7) is 4.36. The number of aromatic nitrogens is 1. The van der Waals surface area contributed by atoms with Crippen LogP contribution in [0.5, 0.6) is 5.75 Å². The highest BCUT2D eigenvalue weighted by atomic mass is 32.1. The van der Waals surface area contributed by atoms with E-state index in [0.717, 1.165) is 34.2 Å². The molecule has 0 N–H and O–H groups in total. The zero-order valence-corrected chi connectivity index (χ0v) is 16.1. The van der Waals surface area contributed by atoms with Crippen molar-refractivity contribution in [2.24, 2.45) is 0 Å². The quantitative estimate of drug-likeness (QED) is 0.775. The van der Waals surface area contributed by atoms with E-state index < -0.39 is 0 Å². The maximum absolute atomic E-state index is 12.8. The molecule has 1 heterocycles. The second kappa shape index (κ2) is 8.00. The fourth-order valence-electron chi connectivity index (χ4n) is 3.29. The minimum Gasteiger partial charge on any atom is -0.486 e. The number of hydrogen-bond donors (Lipinski definition) is 0. The van der Waals surface area contributed by atoms with Gasteiger partial charge in [0.2, 0.25) is 0 Å². The first-order chi connectivity index (χ1) is 12.0. The molecular weight excluding hydrogens is 332 g/mol. The van der Waals surface area contributed by atoms with Gasteiger partial charge in [-0.3, -0.25) is 4.79 Å². The first-order valence-corrected chi connectivity index (χ1v) is 9.79. The number of rotatable bonds is 5. The van der Waals surface area contributed by atoms with Crippen molar-refractivity contribution in [1.82, 2.24) is 9.88 Å². The third-order valence-corrected chi connectivity index (χ3v) is 5.98. The van der Waals surface area contributed by atoms with E-state index in [2.05, 4.69) is 11.9 Å². The Morgan fingerprint density at radius 2 is 1.88 bits per heavy atom. The van der Waals surface area contributed by atoms with Gasteiger partial charge in [0, 0.05) is 13.1 Å². The number of benzene rings is 1. The van der Waals surface area contributed by atoms with Gasteiger partial charge < -0.3 is 9.64 Å². The highest BCUT2D eigenvalue weighted by Gasteiger charge is 2.26. The summed E-state index contributed by atoms with van der Waals surface area (Å²) in [4.78, 5) is 20.1. The van der Waals surface area contributed by atoms with E-state index in [1.54, 1.807) is 0 Å². The van der Waals surface area contributed by atoms with Gasteiger partial charge in [0.05, 0.1) is 5.69 Å². The molecule has 4 nitrogen and oxygen atoms in total. The second-order valence-corrected chi connectivity index (χ2v) is 7.92. The van der Waals surface area contributed by atoms with Gasteiger partial charge in [-0.15, -0.1) is 11.3 Å². The van der Waals surface area contributed by atoms with Crippen molar-refractivity contribution in [1.29, 1.82) is 0 Å². The Morgan fingerprint density at radius 3 is 2.56 bits per heavy atom. The maximum Gasteiger partial charge on any atom is 0.265 e. The van der Waals surface area contributed by atoms with Crippen LogP contribution in [0.25, 0.3) is 0 Å². The molecule has 0 bridgehead atoms. The van der Waals surface area contributed by atoms with Crippen LogP contribution in [0.2, 0.25) is 0 Å². The summed E-state index contributed by atoms with van der Waals surface area (Å²) in [7, 11) is 1.93. The normalized spacial score (nSPS) is 15.2. The Morgan fingerprint density at radius 1 is 1.20 bits per heavy atom. The van der Waals surface area contributed by atoms with E-state index in [9.17, 15) is 4.79 Å². The number of amides is 1. The van der Waals surface area contributed by atoms with Gasteiger partial charge in [0.25, 0.3) is 5.91 Å². The van der Waals surface area contributed by atoms with Crippen LogP contribution in [0.3, 0.4) is 0 Å². The summed E-state index contributed by atoms with van der Waals surface area (Å²) in [5, 5.41) is 0.846. The highest BCUT2D eigenvalue weighted by molar-refractivity contribution is 7.13. The van der Waals surface area contributed by atoms with Gasteiger partial charge in [-0.25, -0.2) is 4.98 Å². The molecule has 1 aliphatic rings. The third kappa shape index (κ3) is 4.40. The number of carbonyl (C=O) groups excluding carboxylic acids is 1. The second-order valence-electron chi connectivity index (χ2n) is 6.83. The van der Waals surface area contributed by atoms with Gasteiger partial charge in [-0.1, -0.05) is 37.0 Å². The molecule has 25 heavy (non-hydrogen) atoms. The van der Waals surface area contributed by atoms with Crippen molar-refractivity contribution in [3.05, 3.63) is 45.4 Å². The molecule has 0 spiro atoms. The van der Waals surface area contributed by atoms with E-state index in [1.165, 1.54) is 36.2 Å². The lowest BCUT2D eigenvalue weighted by Crippen LogP contribution is -2.38. The minimum atomic E-state index is 0.100. The van der Waals surface area contributed by atoms with Gasteiger partial charge in [0.1, 0.15) is 22.2 Å². The summed E-state index contributed by atoms with van der Waals surface area (Å²) in [5.41, 5.74) is 2.01. The minimum absolute atomic E-state index is 0.100. The standard InChI is InChI=1S/C20H26N2O2S/c1-14-9-11-17(12-10-14)24-13-18-21-15(2)19(25-18)20(23)22(3)16-7-5-4-6-8-16/h9-12,16H,4-8,13H2,1-3H3. The molecule has 1 aliphatic carbocycles.